The molecule has 0 unspecified atom stereocenters. The first-order valence-electron chi connectivity index (χ1n) is 5.15. The zero-order chi connectivity index (χ0) is 11.6. The first kappa shape index (κ1) is 13.3. The fraction of sp³-hybridized carbons (Fsp3) is 0.909. The molecule has 2 amide bonds. The Balaban J connectivity index is 4.30. The van der Waals surface area contributed by atoms with Crippen molar-refractivity contribution in [3.05, 3.63) is 0 Å². The smallest absolute Gasteiger partial charge is 0.315 e. The second-order valence-corrected chi connectivity index (χ2v) is 5.63. The number of carbonyl (C=O) groups is 1. The molecule has 0 saturated heterocycles. The fourth-order valence-corrected chi connectivity index (χ4v) is 0.770. The highest BCUT2D eigenvalue weighted by Gasteiger charge is 2.34. The van der Waals surface area contributed by atoms with E-state index in [9.17, 15) is 4.79 Å². The number of hydrogen-bond acceptors (Lipinski definition) is 1. The van der Waals surface area contributed by atoms with Crippen LogP contribution in [0.3, 0.4) is 0 Å². The molecule has 0 spiro atoms. The number of nitrogens with one attached hydrogen (secondary N) is 2. The van der Waals surface area contributed by atoms with E-state index < -0.39 is 0 Å². The van der Waals surface area contributed by atoms with Gasteiger partial charge in [0.15, 0.2) is 0 Å². The standard InChI is InChI=1S/C11H24N2O/c1-8(2)12-9(14)13-11(6,7)10(3,4)5/h8H,1-7H3,(H2,12,13,14). The first-order chi connectivity index (χ1) is 6.06. The third-order valence-corrected chi connectivity index (χ3v) is 2.72. The van der Waals surface area contributed by atoms with E-state index in [0.29, 0.717) is 0 Å². The molecule has 3 nitrogen and oxygen atoms in total. The number of rotatable bonds is 2. The summed E-state index contributed by atoms with van der Waals surface area (Å²) in [6.07, 6.45) is 0. The molecule has 84 valence electrons. The van der Waals surface area contributed by atoms with Crippen molar-refractivity contribution in [2.24, 2.45) is 5.41 Å². The maximum atomic E-state index is 11.5. The Hall–Kier alpha value is -0.730. The third-order valence-electron chi connectivity index (χ3n) is 2.72. The predicted octanol–water partition coefficient (Wildman–Crippen LogP) is 2.52. The van der Waals surface area contributed by atoms with Crippen molar-refractivity contribution in [3.63, 3.8) is 0 Å². The molecule has 3 heteroatoms. The highest BCUT2D eigenvalue weighted by molar-refractivity contribution is 5.75. The van der Waals surface area contributed by atoms with Crippen LogP contribution in [0, 0.1) is 5.41 Å². The summed E-state index contributed by atoms with van der Waals surface area (Å²) in [6, 6.07) is 0.0747. The second kappa shape index (κ2) is 4.20. The minimum atomic E-state index is -0.216. The van der Waals surface area contributed by atoms with Crippen LogP contribution in [0.25, 0.3) is 0 Å². The van der Waals surface area contributed by atoms with Crippen molar-refractivity contribution in [2.75, 3.05) is 0 Å². The largest absolute Gasteiger partial charge is 0.336 e. The lowest BCUT2D eigenvalue weighted by molar-refractivity contribution is 0.170. The molecule has 0 atom stereocenters. The Kier molecular flexibility index (Phi) is 3.98. The molecule has 0 aliphatic rings. The van der Waals surface area contributed by atoms with Crippen molar-refractivity contribution < 1.29 is 4.79 Å². The fourth-order valence-electron chi connectivity index (χ4n) is 0.770. The molecule has 0 aliphatic heterocycles. The van der Waals surface area contributed by atoms with Crippen LogP contribution in [-0.2, 0) is 0 Å². The Morgan fingerprint density at radius 1 is 1.07 bits per heavy atom. The van der Waals surface area contributed by atoms with Crippen LogP contribution in [0.2, 0.25) is 0 Å². The molecule has 0 saturated carbocycles. The van der Waals surface area contributed by atoms with E-state index in [1.54, 1.807) is 0 Å². The lowest BCUT2D eigenvalue weighted by atomic mass is 9.76. The van der Waals surface area contributed by atoms with E-state index in [1.165, 1.54) is 0 Å². The van der Waals surface area contributed by atoms with Gasteiger partial charge < -0.3 is 10.6 Å². The third kappa shape index (κ3) is 3.99. The minimum absolute atomic E-state index is 0.0430. The van der Waals surface area contributed by atoms with Gasteiger partial charge in [-0.2, -0.15) is 0 Å². The monoisotopic (exact) mass is 200 g/mol. The van der Waals surface area contributed by atoms with E-state index in [0.717, 1.165) is 0 Å². The molecule has 0 bridgehead atoms. The molecule has 14 heavy (non-hydrogen) atoms. The van der Waals surface area contributed by atoms with Crippen LogP contribution < -0.4 is 10.6 Å². The average Bonchev–Trinajstić information content (AvgIpc) is 1.79. The van der Waals surface area contributed by atoms with Crippen LogP contribution in [0.4, 0.5) is 4.79 Å². The second-order valence-electron chi connectivity index (χ2n) is 5.63. The highest BCUT2D eigenvalue weighted by atomic mass is 16.2. The molecule has 0 aromatic carbocycles. The molecule has 2 N–H and O–H groups in total. The summed E-state index contributed by atoms with van der Waals surface area (Å²) in [5.41, 5.74) is -0.173. The molecule has 0 aromatic rings. The van der Waals surface area contributed by atoms with Gasteiger partial charge >= 0.3 is 6.03 Å². The van der Waals surface area contributed by atoms with Crippen molar-refractivity contribution >= 4 is 6.03 Å². The normalized spacial score (nSPS) is 12.9. The highest BCUT2D eigenvalue weighted by Crippen LogP contribution is 2.29. The Morgan fingerprint density at radius 2 is 1.50 bits per heavy atom. The quantitative estimate of drug-likeness (QED) is 0.706. The molecule has 0 aliphatic carbocycles. The van der Waals surface area contributed by atoms with Gasteiger partial charge in [-0.25, -0.2) is 4.79 Å². The average molecular weight is 200 g/mol. The van der Waals surface area contributed by atoms with Crippen LogP contribution in [-0.4, -0.2) is 17.6 Å². The Labute approximate surface area is 87.6 Å². The molecule has 0 aromatic heterocycles. The van der Waals surface area contributed by atoms with E-state index >= 15 is 0 Å². The van der Waals surface area contributed by atoms with Gasteiger partial charge in [-0.1, -0.05) is 20.8 Å². The number of hydrogen-bond donors (Lipinski definition) is 2. The Bertz CT molecular complexity index is 202. The molecule has 0 fully saturated rings. The van der Waals surface area contributed by atoms with E-state index in [-0.39, 0.29) is 23.0 Å². The summed E-state index contributed by atoms with van der Waals surface area (Å²) in [5, 5.41) is 5.80. The summed E-state index contributed by atoms with van der Waals surface area (Å²) in [4.78, 5) is 11.5. The van der Waals surface area contributed by atoms with E-state index in [4.69, 9.17) is 0 Å². The van der Waals surface area contributed by atoms with Gasteiger partial charge in [-0.05, 0) is 33.1 Å². The van der Waals surface area contributed by atoms with Gasteiger partial charge in [0.25, 0.3) is 0 Å². The lowest BCUT2D eigenvalue weighted by Crippen LogP contribution is -2.56. The van der Waals surface area contributed by atoms with Crippen molar-refractivity contribution in [2.45, 2.75) is 60.0 Å². The summed E-state index contributed by atoms with van der Waals surface area (Å²) >= 11 is 0. The van der Waals surface area contributed by atoms with Crippen LogP contribution in [0.1, 0.15) is 48.5 Å². The van der Waals surface area contributed by atoms with E-state index in [1.807, 2.05) is 27.7 Å². The van der Waals surface area contributed by atoms with E-state index in [2.05, 4.69) is 31.4 Å². The lowest BCUT2D eigenvalue weighted by Gasteiger charge is -2.39. The SMILES string of the molecule is CC(C)NC(=O)NC(C)(C)C(C)(C)C. The minimum Gasteiger partial charge on any atom is -0.336 e. The summed E-state index contributed by atoms with van der Waals surface area (Å²) in [5.74, 6) is 0. The van der Waals surface area contributed by atoms with Crippen LogP contribution >= 0.6 is 0 Å². The maximum absolute atomic E-state index is 11.5. The topological polar surface area (TPSA) is 41.1 Å². The van der Waals surface area contributed by atoms with Crippen molar-refractivity contribution in [1.29, 1.82) is 0 Å². The van der Waals surface area contributed by atoms with Gasteiger partial charge in [0.1, 0.15) is 0 Å². The van der Waals surface area contributed by atoms with Crippen molar-refractivity contribution in [3.8, 4) is 0 Å². The molecular formula is C11H24N2O. The first-order valence-corrected chi connectivity index (χ1v) is 5.15. The summed E-state index contributed by atoms with van der Waals surface area (Å²) < 4.78 is 0. The van der Waals surface area contributed by atoms with Crippen molar-refractivity contribution in [1.82, 2.24) is 10.6 Å². The number of urea groups is 1. The molecule has 0 rings (SSSR count). The van der Waals surface area contributed by atoms with Gasteiger partial charge in [0.05, 0.1) is 0 Å². The molecule has 0 radical (unpaired) electrons. The molecular weight excluding hydrogens is 176 g/mol. The zero-order valence-electron chi connectivity index (χ0n) is 10.5. The van der Waals surface area contributed by atoms with Gasteiger partial charge in [-0.15, -0.1) is 0 Å². The predicted molar refractivity (Wildman–Crippen MR) is 60.3 cm³/mol. The number of amides is 2. The number of carbonyl (C=O) groups excluding carboxylic acids is 1. The Morgan fingerprint density at radius 3 is 1.79 bits per heavy atom. The van der Waals surface area contributed by atoms with Gasteiger partial charge in [0.2, 0.25) is 0 Å². The van der Waals surface area contributed by atoms with Gasteiger partial charge in [0, 0.05) is 11.6 Å². The van der Waals surface area contributed by atoms with Crippen LogP contribution in [0.15, 0.2) is 0 Å². The summed E-state index contributed by atoms with van der Waals surface area (Å²) in [7, 11) is 0. The molecule has 0 heterocycles. The van der Waals surface area contributed by atoms with Crippen LogP contribution in [0.5, 0.6) is 0 Å². The van der Waals surface area contributed by atoms with Gasteiger partial charge in [-0.3, -0.25) is 0 Å². The maximum Gasteiger partial charge on any atom is 0.315 e. The summed E-state index contributed by atoms with van der Waals surface area (Å²) in [6.45, 7) is 14.3. The zero-order valence-corrected chi connectivity index (χ0v) is 10.5.